The molecule has 0 spiro atoms. The first-order valence-electron chi connectivity index (χ1n) is 11.6. The quantitative estimate of drug-likeness (QED) is 0.201. The third kappa shape index (κ3) is 9.91. The van der Waals surface area contributed by atoms with Gasteiger partial charge in [0.25, 0.3) is 0 Å². The minimum Gasteiger partial charge on any atom is -0.494 e. The van der Waals surface area contributed by atoms with Gasteiger partial charge in [0.2, 0.25) is 0 Å². The van der Waals surface area contributed by atoms with E-state index in [4.69, 9.17) is 9.47 Å². The number of nitrogens with zero attached hydrogens (tertiary/aromatic N) is 2. The third-order valence-corrected chi connectivity index (χ3v) is 5.08. The van der Waals surface area contributed by atoms with E-state index in [-0.39, 0.29) is 0 Å². The number of ether oxygens (including phenoxy) is 2. The van der Waals surface area contributed by atoms with Crippen molar-refractivity contribution in [2.45, 2.75) is 77.6 Å². The molecular weight excluding hydrogens is 372 g/mol. The van der Waals surface area contributed by atoms with Gasteiger partial charge in [-0.3, -0.25) is 0 Å². The Labute approximate surface area is 182 Å². The highest BCUT2D eigenvalue weighted by molar-refractivity contribution is 5.56. The maximum absolute atomic E-state index is 5.84. The second kappa shape index (κ2) is 15.5. The van der Waals surface area contributed by atoms with Crippen molar-refractivity contribution < 1.29 is 9.47 Å². The molecule has 1 heterocycles. The Kier molecular flexibility index (Phi) is 12.3. The van der Waals surface area contributed by atoms with Gasteiger partial charge in [-0.15, -0.1) is 6.58 Å². The average molecular weight is 411 g/mol. The van der Waals surface area contributed by atoms with E-state index in [0.29, 0.717) is 12.4 Å². The van der Waals surface area contributed by atoms with Gasteiger partial charge in [0.1, 0.15) is 5.75 Å². The molecule has 0 aliphatic heterocycles. The number of hydrogen-bond acceptors (Lipinski definition) is 4. The van der Waals surface area contributed by atoms with Crippen molar-refractivity contribution in [3.63, 3.8) is 0 Å². The van der Waals surface area contributed by atoms with Gasteiger partial charge < -0.3 is 9.47 Å². The number of unbranched alkanes of at least 4 members (excludes halogenated alkanes) is 9. The van der Waals surface area contributed by atoms with Crippen LogP contribution < -0.4 is 9.47 Å². The molecule has 0 amide bonds. The predicted molar refractivity (Wildman–Crippen MR) is 125 cm³/mol. The topological polar surface area (TPSA) is 44.2 Å². The molecule has 0 fully saturated rings. The highest BCUT2D eigenvalue weighted by Gasteiger charge is 2.03. The lowest BCUT2D eigenvalue weighted by molar-refractivity contribution is 0.302. The van der Waals surface area contributed by atoms with E-state index in [1.54, 1.807) is 12.4 Å². The molecule has 0 aliphatic carbocycles. The summed E-state index contributed by atoms with van der Waals surface area (Å²) in [6.45, 7) is 7.48. The molecule has 30 heavy (non-hydrogen) atoms. The normalized spacial score (nSPS) is 10.7. The summed E-state index contributed by atoms with van der Waals surface area (Å²) in [7, 11) is 0. The SMILES string of the molecule is C=CCCCCCCOc1cnc(-c2ccc(OCCCCCCCC)cc2)nc1. The molecule has 0 aliphatic rings. The Bertz CT molecular complexity index is 683. The summed E-state index contributed by atoms with van der Waals surface area (Å²) in [6.07, 6.45) is 18.9. The minimum atomic E-state index is 0.703. The molecule has 1 aromatic heterocycles. The number of rotatable bonds is 17. The van der Waals surface area contributed by atoms with Gasteiger partial charge in [0.15, 0.2) is 11.6 Å². The van der Waals surface area contributed by atoms with Crippen LogP contribution in [0.25, 0.3) is 11.4 Å². The fourth-order valence-electron chi connectivity index (χ4n) is 3.25. The van der Waals surface area contributed by atoms with Crippen LogP contribution in [0.15, 0.2) is 49.3 Å². The predicted octanol–water partition coefficient (Wildman–Crippen LogP) is 7.40. The zero-order valence-electron chi connectivity index (χ0n) is 18.7. The molecule has 4 nitrogen and oxygen atoms in total. The number of hydrogen-bond donors (Lipinski definition) is 0. The molecule has 2 rings (SSSR count). The van der Waals surface area contributed by atoms with Crippen molar-refractivity contribution in [3.8, 4) is 22.9 Å². The van der Waals surface area contributed by atoms with Crippen LogP contribution in [-0.4, -0.2) is 23.2 Å². The molecule has 0 saturated carbocycles. The summed E-state index contributed by atoms with van der Waals surface area (Å²) in [5, 5.41) is 0. The summed E-state index contributed by atoms with van der Waals surface area (Å²) in [5.74, 6) is 2.33. The van der Waals surface area contributed by atoms with Crippen molar-refractivity contribution in [2.24, 2.45) is 0 Å². The van der Waals surface area contributed by atoms with E-state index in [1.807, 2.05) is 30.3 Å². The van der Waals surface area contributed by atoms with Crippen LogP contribution >= 0.6 is 0 Å². The maximum Gasteiger partial charge on any atom is 0.159 e. The fourth-order valence-corrected chi connectivity index (χ4v) is 3.25. The van der Waals surface area contributed by atoms with Gasteiger partial charge in [0.05, 0.1) is 25.6 Å². The van der Waals surface area contributed by atoms with Gasteiger partial charge in [-0.05, 0) is 49.9 Å². The summed E-state index contributed by atoms with van der Waals surface area (Å²) >= 11 is 0. The minimum absolute atomic E-state index is 0.703. The largest absolute Gasteiger partial charge is 0.494 e. The van der Waals surface area contributed by atoms with Gasteiger partial charge >= 0.3 is 0 Å². The van der Waals surface area contributed by atoms with Crippen molar-refractivity contribution in [1.82, 2.24) is 9.97 Å². The lowest BCUT2D eigenvalue weighted by Crippen LogP contribution is -1.99. The number of benzene rings is 1. The summed E-state index contributed by atoms with van der Waals surface area (Å²) < 4.78 is 11.6. The lowest BCUT2D eigenvalue weighted by Gasteiger charge is -2.08. The van der Waals surface area contributed by atoms with E-state index in [1.165, 1.54) is 51.4 Å². The van der Waals surface area contributed by atoms with Gasteiger partial charge in [-0.25, -0.2) is 9.97 Å². The molecule has 0 bridgehead atoms. The Morgan fingerprint density at radius 3 is 1.93 bits per heavy atom. The third-order valence-electron chi connectivity index (χ3n) is 5.08. The zero-order valence-corrected chi connectivity index (χ0v) is 18.7. The highest BCUT2D eigenvalue weighted by Crippen LogP contribution is 2.21. The van der Waals surface area contributed by atoms with E-state index >= 15 is 0 Å². The standard InChI is InChI=1S/C26H38N2O2/c1-3-5-7-9-11-13-19-29-24-17-15-23(16-18-24)26-27-21-25(22-28-26)30-20-14-12-10-8-6-4-2/h4,15-18,21-22H,2-3,5-14,19-20H2,1H3. The maximum atomic E-state index is 5.84. The van der Waals surface area contributed by atoms with Crippen LogP contribution in [0.1, 0.15) is 77.6 Å². The van der Waals surface area contributed by atoms with Crippen molar-refractivity contribution in [2.75, 3.05) is 13.2 Å². The molecule has 0 radical (unpaired) electrons. The smallest absolute Gasteiger partial charge is 0.159 e. The summed E-state index contributed by atoms with van der Waals surface area (Å²) in [5.41, 5.74) is 0.982. The number of allylic oxidation sites excluding steroid dienone is 1. The second-order valence-corrected chi connectivity index (χ2v) is 7.72. The molecule has 4 heteroatoms. The molecular formula is C26H38N2O2. The van der Waals surface area contributed by atoms with E-state index in [9.17, 15) is 0 Å². The zero-order chi connectivity index (χ0) is 21.3. The summed E-state index contributed by atoms with van der Waals surface area (Å²) in [4.78, 5) is 8.88. The van der Waals surface area contributed by atoms with Crippen molar-refractivity contribution in [3.05, 3.63) is 49.3 Å². The van der Waals surface area contributed by atoms with Gasteiger partial charge in [-0.1, -0.05) is 57.9 Å². The molecule has 2 aromatic rings. The van der Waals surface area contributed by atoms with E-state index in [2.05, 4.69) is 23.5 Å². The lowest BCUT2D eigenvalue weighted by atomic mass is 10.1. The van der Waals surface area contributed by atoms with Gasteiger partial charge in [-0.2, -0.15) is 0 Å². The first kappa shape index (κ1) is 23.9. The van der Waals surface area contributed by atoms with E-state index in [0.717, 1.165) is 42.9 Å². The van der Waals surface area contributed by atoms with Crippen LogP contribution in [0.4, 0.5) is 0 Å². The molecule has 0 N–H and O–H groups in total. The van der Waals surface area contributed by atoms with Crippen LogP contribution in [0.5, 0.6) is 11.5 Å². The molecule has 0 saturated heterocycles. The molecule has 0 atom stereocenters. The summed E-state index contributed by atoms with van der Waals surface area (Å²) in [6, 6.07) is 8.00. The first-order chi connectivity index (χ1) is 14.8. The highest BCUT2D eigenvalue weighted by atomic mass is 16.5. The molecule has 164 valence electrons. The van der Waals surface area contributed by atoms with Crippen LogP contribution in [0.3, 0.4) is 0 Å². The Hall–Kier alpha value is -2.36. The first-order valence-corrected chi connectivity index (χ1v) is 11.6. The number of aromatic nitrogens is 2. The molecule has 0 unspecified atom stereocenters. The van der Waals surface area contributed by atoms with Crippen molar-refractivity contribution >= 4 is 0 Å². The van der Waals surface area contributed by atoms with Crippen molar-refractivity contribution in [1.29, 1.82) is 0 Å². The van der Waals surface area contributed by atoms with Crippen LogP contribution in [0.2, 0.25) is 0 Å². The average Bonchev–Trinajstić information content (AvgIpc) is 2.79. The monoisotopic (exact) mass is 410 g/mol. The second-order valence-electron chi connectivity index (χ2n) is 7.72. The van der Waals surface area contributed by atoms with E-state index < -0.39 is 0 Å². The van der Waals surface area contributed by atoms with Gasteiger partial charge in [0, 0.05) is 5.56 Å². The Morgan fingerprint density at radius 2 is 1.30 bits per heavy atom. The van der Waals surface area contributed by atoms with Crippen LogP contribution in [0, 0.1) is 0 Å². The Balaban J connectivity index is 1.66. The Morgan fingerprint density at radius 1 is 0.733 bits per heavy atom. The van der Waals surface area contributed by atoms with Crippen LogP contribution in [-0.2, 0) is 0 Å². The molecule has 1 aromatic carbocycles. The fraction of sp³-hybridized carbons (Fsp3) is 0.538.